The minimum atomic E-state index is 0.134. The number of hydrogen-bond donors (Lipinski definition) is 1. The summed E-state index contributed by atoms with van der Waals surface area (Å²) in [5.41, 5.74) is 3.53. The van der Waals surface area contributed by atoms with Crippen LogP contribution in [0.1, 0.15) is 10.4 Å². The zero-order chi connectivity index (χ0) is 17.5. The van der Waals surface area contributed by atoms with Crippen LogP contribution in [0.15, 0.2) is 60.7 Å². The van der Waals surface area contributed by atoms with E-state index in [0.29, 0.717) is 11.8 Å². The van der Waals surface area contributed by atoms with Crippen LogP contribution in [0.25, 0.3) is 22.2 Å². The van der Waals surface area contributed by atoms with E-state index in [2.05, 4.69) is 5.32 Å². The Morgan fingerprint density at radius 1 is 0.962 bits per heavy atom. The average molecular weight is 343 g/mol. The van der Waals surface area contributed by atoms with Crippen LogP contribution in [0.3, 0.4) is 0 Å². The maximum absolute atomic E-state index is 13.4. The van der Waals surface area contributed by atoms with Gasteiger partial charge in [-0.2, -0.15) is 0 Å². The fraction of sp³-hybridized carbons (Fsp3) is 0.273. The number of amides is 1. The normalized spacial score (nSPS) is 21.9. The third kappa shape index (κ3) is 2.58. The number of nitrogens with one attached hydrogen (secondary N) is 1. The molecule has 5 rings (SSSR count). The van der Waals surface area contributed by atoms with Crippen molar-refractivity contribution in [1.82, 2.24) is 15.2 Å². The number of aromatic nitrogens is 1. The van der Waals surface area contributed by atoms with Gasteiger partial charge in [-0.1, -0.05) is 48.5 Å². The van der Waals surface area contributed by atoms with Gasteiger partial charge in [0.05, 0.1) is 16.8 Å². The number of pyridine rings is 1. The minimum Gasteiger partial charge on any atom is -0.338 e. The van der Waals surface area contributed by atoms with Crippen LogP contribution < -0.4 is 5.32 Å². The lowest BCUT2D eigenvalue weighted by molar-refractivity contribution is 0.0783. The molecule has 0 saturated carbocycles. The van der Waals surface area contributed by atoms with Crippen LogP contribution in [-0.4, -0.2) is 42.0 Å². The first-order valence-electron chi connectivity index (χ1n) is 9.25. The van der Waals surface area contributed by atoms with Crippen LogP contribution in [0.4, 0.5) is 0 Å². The molecule has 3 heterocycles. The fourth-order valence-corrected chi connectivity index (χ4v) is 4.30. The maximum atomic E-state index is 13.4. The van der Waals surface area contributed by atoms with Crippen LogP contribution >= 0.6 is 0 Å². The molecular formula is C22H21N3O. The lowest BCUT2D eigenvalue weighted by Gasteiger charge is -2.19. The Labute approximate surface area is 152 Å². The van der Waals surface area contributed by atoms with E-state index in [1.807, 2.05) is 65.6 Å². The highest BCUT2D eigenvalue weighted by molar-refractivity contribution is 6.07. The summed E-state index contributed by atoms with van der Waals surface area (Å²) < 4.78 is 0. The molecule has 1 aromatic heterocycles. The maximum Gasteiger partial charge on any atom is 0.254 e. The number of hydrogen-bond acceptors (Lipinski definition) is 3. The highest BCUT2D eigenvalue weighted by Gasteiger charge is 2.38. The predicted molar refractivity (Wildman–Crippen MR) is 103 cm³/mol. The van der Waals surface area contributed by atoms with E-state index in [4.69, 9.17) is 4.98 Å². The van der Waals surface area contributed by atoms with Crippen molar-refractivity contribution >= 4 is 16.8 Å². The summed E-state index contributed by atoms with van der Waals surface area (Å²) in [6.07, 6.45) is 0. The van der Waals surface area contributed by atoms with Crippen molar-refractivity contribution in [1.29, 1.82) is 0 Å². The second-order valence-electron chi connectivity index (χ2n) is 7.33. The number of nitrogens with zero attached hydrogens (tertiary/aromatic N) is 2. The van der Waals surface area contributed by atoms with Crippen molar-refractivity contribution in [2.45, 2.75) is 0 Å². The van der Waals surface area contributed by atoms with Gasteiger partial charge >= 0.3 is 0 Å². The monoisotopic (exact) mass is 343 g/mol. The summed E-state index contributed by atoms with van der Waals surface area (Å²) in [6.45, 7) is 3.77. The smallest absolute Gasteiger partial charge is 0.254 e. The quantitative estimate of drug-likeness (QED) is 0.777. The molecule has 0 radical (unpaired) electrons. The molecular weight excluding hydrogens is 322 g/mol. The van der Waals surface area contributed by atoms with E-state index in [-0.39, 0.29) is 5.91 Å². The molecule has 2 saturated heterocycles. The minimum absolute atomic E-state index is 0.134. The third-order valence-corrected chi connectivity index (χ3v) is 5.69. The van der Waals surface area contributed by atoms with E-state index >= 15 is 0 Å². The van der Waals surface area contributed by atoms with Gasteiger partial charge in [-0.25, -0.2) is 4.98 Å². The van der Waals surface area contributed by atoms with Crippen molar-refractivity contribution < 1.29 is 4.79 Å². The number of para-hydroxylation sites is 1. The highest BCUT2D eigenvalue weighted by atomic mass is 16.2. The molecule has 1 N–H and O–H groups in total. The Morgan fingerprint density at radius 3 is 2.42 bits per heavy atom. The van der Waals surface area contributed by atoms with E-state index in [1.54, 1.807) is 0 Å². The first kappa shape index (κ1) is 15.5. The molecule has 2 atom stereocenters. The van der Waals surface area contributed by atoms with E-state index in [1.165, 1.54) is 0 Å². The van der Waals surface area contributed by atoms with E-state index < -0.39 is 0 Å². The number of likely N-dealkylation sites (tertiary alicyclic amines) is 1. The number of benzene rings is 2. The Hall–Kier alpha value is -2.72. The Balaban J connectivity index is 1.59. The van der Waals surface area contributed by atoms with E-state index in [0.717, 1.165) is 53.9 Å². The molecule has 130 valence electrons. The Kier molecular flexibility index (Phi) is 3.71. The van der Waals surface area contributed by atoms with Crippen molar-refractivity contribution in [2.75, 3.05) is 26.2 Å². The summed E-state index contributed by atoms with van der Waals surface area (Å²) in [5, 5.41) is 4.37. The van der Waals surface area contributed by atoms with E-state index in [9.17, 15) is 4.79 Å². The molecule has 0 bridgehead atoms. The SMILES string of the molecule is O=C(c1cc(-c2ccccc2)nc2ccccc12)N1C[C@H]2CNC[C@H]2C1. The second kappa shape index (κ2) is 6.22. The van der Waals surface area contributed by atoms with Gasteiger partial charge in [-0.3, -0.25) is 4.79 Å². The standard InChI is InChI=1S/C22H21N3O/c26-22(25-13-16-11-23-12-17(16)14-25)19-10-21(15-6-2-1-3-7-15)24-20-9-5-4-8-18(19)20/h1-10,16-17,23H,11-14H2/t16-,17+. The lowest BCUT2D eigenvalue weighted by Crippen LogP contribution is -2.32. The first-order valence-corrected chi connectivity index (χ1v) is 9.25. The first-order chi connectivity index (χ1) is 12.8. The van der Waals surface area contributed by atoms with Crippen molar-refractivity contribution in [3.63, 3.8) is 0 Å². The predicted octanol–water partition coefficient (Wildman–Crippen LogP) is 3.19. The van der Waals surface area contributed by atoms with Gasteiger partial charge in [0.2, 0.25) is 0 Å². The lowest BCUT2D eigenvalue weighted by atomic mass is 10.0. The van der Waals surface area contributed by atoms with Gasteiger partial charge in [0.25, 0.3) is 5.91 Å². The average Bonchev–Trinajstić information content (AvgIpc) is 3.29. The molecule has 1 amide bonds. The zero-order valence-electron chi connectivity index (χ0n) is 14.6. The summed E-state index contributed by atoms with van der Waals surface area (Å²) >= 11 is 0. The fourth-order valence-electron chi connectivity index (χ4n) is 4.30. The zero-order valence-corrected chi connectivity index (χ0v) is 14.6. The molecule has 26 heavy (non-hydrogen) atoms. The number of rotatable bonds is 2. The topological polar surface area (TPSA) is 45.2 Å². The van der Waals surface area contributed by atoms with Gasteiger partial charge in [-0.15, -0.1) is 0 Å². The summed E-state index contributed by atoms with van der Waals surface area (Å²) in [7, 11) is 0. The molecule has 2 aromatic carbocycles. The summed E-state index contributed by atoms with van der Waals surface area (Å²) in [5.74, 6) is 1.33. The van der Waals surface area contributed by atoms with Crippen LogP contribution in [-0.2, 0) is 0 Å². The molecule has 4 nitrogen and oxygen atoms in total. The van der Waals surface area contributed by atoms with Gasteiger partial charge in [0, 0.05) is 37.1 Å². The molecule has 4 heteroatoms. The Bertz CT molecular complexity index is 958. The number of carbonyl (C=O) groups is 1. The Morgan fingerprint density at radius 2 is 1.65 bits per heavy atom. The highest BCUT2D eigenvalue weighted by Crippen LogP contribution is 2.30. The molecule has 2 aliphatic heterocycles. The molecule has 2 fully saturated rings. The van der Waals surface area contributed by atoms with Gasteiger partial charge in [-0.05, 0) is 24.0 Å². The van der Waals surface area contributed by atoms with Crippen molar-refractivity contribution in [3.05, 3.63) is 66.2 Å². The van der Waals surface area contributed by atoms with Crippen LogP contribution in [0.5, 0.6) is 0 Å². The molecule has 0 spiro atoms. The molecule has 0 aliphatic carbocycles. The molecule has 3 aromatic rings. The summed E-state index contributed by atoms with van der Waals surface area (Å²) in [4.78, 5) is 20.2. The second-order valence-corrected chi connectivity index (χ2v) is 7.33. The molecule has 2 aliphatic rings. The van der Waals surface area contributed by atoms with Gasteiger partial charge in [0.1, 0.15) is 0 Å². The van der Waals surface area contributed by atoms with Crippen molar-refractivity contribution in [3.8, 4) is 11.3 Å². The molecule has 0 unspecified atom stereocenters. The van der Waals surface area contributed by atoms with Crippen LogP contribution in [0, 0.1) is 11.8 Å². The largest absolute Gasteiger partial charge is 0.338 e. The van der Waals surface area contributed by atoms with Crippen molar-refractivity contribution in [2.24, 2.45) is 11.8 Å². The number of fused-ring (bicyclic) bond motifs is 2. The third-order valence-electron chi connectivity index (χ3n) is 5.69. The summed E-state index contributed by atoms with van der Waals surface area (Å²) in [6, 6.07) is 20.0. The van der Waals surface area contributed by atoms with Gasteiger partial charge < -0.3 is 10.2 Å². The van der Waals surface area contributed by atoms with Gasteiger partial charge in [0.15, 0.2) is 0 Å². The number of carbonyl (C=O) groups excluding carboxylic acids is 1. The van der Waals surface area contributed by atoms with Crippen LogP contribution in [0.2, 0.25) is 0 Å².